The van der Waals surface area contributed by atoms with Crippen LogP contribution in [0.15, 0.2) is 66.9 Å². The third-order valence-corrected chi connectivity index (χ3v) is 4.26. The molecule has 1 atom stereocenters. The van der Waals surface area contributed by atoms with Gasteiger partial charge in [0.25, 0.3) is 5.91 Å². The Labute approximate surface area is 145 Å². The van der Waals surface area contributed by atoms with Crippen LogP contribution in [-0.4, -0.2) is 45.5 Å². The lowest BCUT2D eigenvalue weighted by atomic mass is 10.1. The Morgan fingerprint density at radius 2 is 1.76 bits per heavy atom. The highest BCUT2D eigenvalue weighted by molar-refractivity contribution is 5.92. The Bertz CT molecular complexity index is 848. The number of amides is 1. The average molecular weight is 334 g/mol. The molecule has 3 aromatic rings. The van der Waals surface area contributed by atoms with Crippen LogP contribution in [0.4, 0.5) is 0 Å². The Balaban J connectivity index is 1.50. The molecule has 4 rings (SSSR count). The zero-order valence-corrected chi connectivity index (χ0v) is 13.7. The van der Waals surface area contributed by atoms with Crippen molar-refractivity contribution < 1.29 is 9.53 Å². The highest BCUT2D eigenvalue weighted by atomic mass is 16.5. The highest BCUT2D eigenvalue weighted by Crippen LogP contribution is 2.22. The first-order valence-corrected chi connectivity index (χ1v) is 8.25. The van der Waals surface area contributed by atoms with Gasteiger partial charge in [0.1, 0.15) is 6.10 Å². The van der Waals surface area contributed by atoms with E-state index in [1.807, 2.05) is 60.7 Å². The van der Waals surface area contributed by atoms with E-state index in [0.717, 1.165) is 11.3 Å². The summed E-state index contributed by atoms with van der Waals surface area (Å²) in [7, 11) is 0. The second kappa shape index (κ2) is 6.86. The van der Waals surface area contributed by atoms with Gasteiger partial charge in [-0.25, -0.2) is 4.68 Å². The van der Waals surface area contributed by atoms with Gasteiger partial charge in [0.05, 0.1) is 25.0 Å². The second-order valence-corrected chi connectivity index (χ2v) is 5.91. The van der Waals surface area contributed by atoms with Gasteiger partial charge < -0.3 is 9.64 Å². The van der Waals surface area contributed by atoms with Crippen LogP contribution in [0.3, 0.4) is 0 Å². The summed E-state index contributed by atoms with van der Waals surface area (Å²) in [6.45, 7) is 1.58. The molecule has 1 amide bonds. The zero-order valence-electron chi connectivity index (χ0n) is 13.7. The molecule has 1 aromatic heterocycles. The molecule has 1 unspecified atom stereocenters. The monoisotopic (exact) mass is 334 g/mol. The summed E-state index contributed by atoms with van der Waals surface area (Å²) in [5.74, 6) is -0.119. The zero-order chi connectivity index (χ0) is 17.1. The van der Waals surface area contributed by atoms with E-state index in [4.69, 9.17) is 4.74 Å². The van der Waals surface area contributed by atoms with Crippen molar-refractivity contribution in [2.24, 2.45) is 0 Å². The van der Waals surface area contributed by atoms with E-state index < -0.39 is 0 Å². The predicted octanol–water partition coefficient (Wildman–Crippen LogP) is 2.48. The Hall–Kier alpha value is -2.99. The maximum atomic E-state index is 12.8. The molecular weight excluding hydrogens is 316 g/mol. The molecule has 0 aliphatic carbocycles. The van der Waals surface area contributed by atoms with Gasteiger partial charge in [-0.15, -0.1) is 5.10 Å². The SMILES string of the molecule is O=C(c1cn(-c2ccccc2)nn1)N1CCOC(c2ccccc2)C1. The standard InChI is InChI=1S/C19H18N4O2/c24-19(17-13-23(21-20-17)16-9-5-2-6-10-16)22-11-12-25-18(14-22)15-7-3-1-4-8-15/h1-10,13,18H,11-12,14H2. The number of nitrogens with zero attached hydrogens (tertiary/aromatic N) is 4. The number of rotatable bonds is 3. The first-order valence-electron chi connectivity index (χ1n) is 8.25. The van der Waals surface area contributed by atoms with E-state index in [1.165, 1.54) is 0 Å². The molecule has 2 aromatic carbocycles. The van der Waals surface area contributed by atoms with Crippen molar-refractivity contribution in [1.29, 1.82) is 0 Å². The summed E-state index contributed by atoms with van der Waals surface area (Å²) in [4.78, 5) is 14.6. The van der Waals surface area contributed by atoms with Gasteiger partial charge in [0.15, 0.2) is 5.69 Å². The Morgan fingerprint density at radius 1 is 1.04 bits per heavy atom. The van der Waals surface area contributed by atoms with Crippen molar-refractivity contribution in [3.05, 3.63) is 78.1 Å². The maximum absolute atomic E-state index is 12.8. The molecular formula is C19H18N4O2. The van der Waals surface area contributed by atoms with Crippen molar-refractivity contribution in [3.8, 4) is 5.69 Å². The molecule has 25 heavy (non-hydrogen) atoms. The van der Waals surface area contributed by atoms with Crippen molar-refractivity contribution in [1.82, 2.24) is 19.9 Å². The summed E-state index contributed by atoms with van der Waals surface area (Å²) in [5.41, 5.74) is 2.30. The lowest BCUT2D eigenvalue weighted by molar-refractivity contribution is -0.0230. The minimum absolute atomic E-state index is 0.108. The molecule has 2 heterocycles. The number of morpholine rings is 1. The van der Waals surface area contributed by atoms with Crippen LogP contribution in [0.25, 0.3) is 5.69 Å². The van der Waals surface area contributed by atoms with Crippen LogP contribution in [0.1, 0.15) is 22.2 Å². The minimum atomic E-state index is -0.119. The molecule has 1 aliphatic rings. The van der Waals surface area contributed by atoms with Crippen molar-refractivity contribution >= 4 is 5.91 Å². The van der Waals surface area contributed by atoms with Crippen LogP contribution >= 0.6 is 0 Å². The molecule has 0 radical (unpaired) electrons. The summed E-state index contributed by atoms with van der Waals surface area (Å²) < 4.78 is 7.43. The van der Waals surface area contributed by atoms with Gasteiger partial charge in [0.2, 0.25) is 0 Å². The van der Waals surface area contributed by atoms with Gasteiger partial charge in [-0.2, -0.15) is 0 Å². The van der Waals surface area contributed by atoms with E-state index in [1.54, 1.807) is 15.8 Å². The van der Waals surface area contributed by atoms with Gasteiger partial charge >= 0.3 is 0 Å². The lowest BCUT2D eigenvalue weighted by Crippen LogP contribution is -2.42. The number of benzene rings is 2. The third kappa shape index (κ3) is 3.29. The van der Waals surface area contributed by atoms with Crippen LogP contribution in [0.5, 0.6) is 0 Å². The Kier molecular flexibility index (Phi) is 4.26. The fraction of sp³-hybridized carbons (Fsp3) is 0.211. The van der Waals surface area contributed by atoms with Crippen molar-refractivity contribution in [3.63, 3.8) is 0 Å². The van der Waals surface area contributed by atoms with E-state index >= 15 is 0 Å². The van der Waals surface area contributed by atoms with Gasteiger partial charge in [-0.3, -0.25) is 4.79 Å². The molecule has 6 nitrogen and oxygen atoms in total. The number of aromatic nitrogens is 3. The second-order valence-electron chi connectivity index (χ2n) is 5.91. The van der Waals surface area contributed by atoms with Crippen molar-refractivity contribution in [2.45, 2.75) is 6.10 Å². The average Bonchev–Trinajstić information content (AvgIpc) is 3.19. The first kappa shape index (κ1) is 15.5. The number of hydrogen-bond acceptors (Lipinski definition) is 4. The van der Waals surface area contributed by atoms with Gasteiger partial charge in [0, 0.05) is 6.54 Å². The van der Waals surface area contributed by atoms with E-state index in [9.17, 15) is 4.79 Å². The molecule has 6 heteroatoms. The fourth-order valence-electron chi connectivity index (χ4n) is 2.93. The topological polar surface area (TPSA) is 60.2 Å². The van der Waals surface area contributed by atoms with Crippen molar-refractivity contribution in [2.75, 3.05) is 19.7 Å². The summed E-state index contributed by atoms with van der Waals surface area (Å²) in [6, 6.07) is 19.6. The molecule has 1 aliphatic heterocycles. The first-order chi connectivity index (χ1) is 12.3. The quantitative estimate of drug-likeness (QED) is 0.738. The maximum Gasteiger partial charge on any atom is 0.276 e. The molecule has 126 valence electrons. The van der Waals surface area contributed by atoms with Crippen LogP contribution < -0.4 is 0 Å². The molecule has 1 saturated heterocycles. The summed E-state index contributed by atoms with van der Waals surface area (Å²) in [6.07, 6.45) is 1.56. The molecule has 1 fully saturated rings. The van der Waals surface area contributed by atoms with Gasteiger partial charge in [-0.1, -0.05) is 53.7 Å². The number of para-hydroxylation sites is 1. The predicted molar refractivity (Wildman–Crippen MR) is 92.4 cm³/mol. The molecule has 0 N–H and O–H groups in total. The number of hydrogen-bond donors (Lipinski definition) is 0. The van der Waals surface area contributed by atoms with Crippen LogP contribution in [0, 0.1) is 0 Å². The normalized spacial score (nSPS) is 17.4. The van der Waals surface area contributed by atoms with Gasteiger partial charge in [-0.05, 0) is 17.7 Å². The highest BCUT2D eigenvalue weighted by Gasteiger charge is 2.27. The summed E-state index contributed by atoms with van der Waals surface area (Å²) >= 11 is 0. The number of carbonyl (C=O) groups is 1. The molecule has 0 bridgehead atoms. The number of ether oxygens (including phenoxy) is 1. The largest absolute Gasteiger partial charge is 0.370 e. The van der Waals surface area contributed by atoms with Crippen LogP contribution in [-0.2, 0) is 4.74 Å². The Morgan fingerprint density at radius 3 is 2.52 bits per heavy atom. The van der Waals surface area contributed by atoms with E-state index in [-0.39, 0.29) is 12.0 Å². The number of carbonyl (C=O) groups excluding carboxylic acids is 1. The minimum Gasteiger partial charge on any atom is -0.370 e. The molecule has 0 saturated carbocycles. The molecule has 0 spiro atoms. The third-order valence-electron chi connectivity index (χ3n) is 4.26. The summed E-state index contributed by atoms with van der Waals surface area (Å²) in [5, 5.41) is 8.11. The van der Waals surface area contributed by atoms with E-state index in [0.29, 0.717) is 25.4 Å². The smallest absolute Gasteiger partial charge is 0.276 e. The van der Waals surface area contributed by atoms with Crippen LogP contribution in [0.2, 0.25) is 0 Å². The van der Waals surface area contributed by atoms with E-state index in [2.05, 4.69) is 10.3 Å². The lowest BCUT2D eigenvalue weighted by Gasteiger charge is -2.32. The fourth-order valence-corrected chi connectivity index (χ4v) is 2.93.